The van der Waals surface area contributed by atoms with Crippen LogP contribution in [0.2, 0.25) is 10.0 Å². The van der Waals surface area contributed by atoms with Gasteiger partial charge in [0.2, 0.25) is 0 Å². The molecule has 25 heavy (non-hydrogen) atoms. The fourth-order valence-electron chi connectivity index (χ4n) is 2.19. The molecule has 0 saturated heterocycles. The molecule has 0 bridgehead atoms. The molecule has 0 unspecified atom stereocenters. The number of amides is 1. The number of esters is 1. The predicted octanol–water partition coefficient (Wildman–Crippen LogP) is 5.30. The Balaban J connectivity index is 1.90. The minimum Gasteiger partial charge on any atom is -0.452 e. The average molecular weight is 380 g/mol. The largest absolute Gasteiger partial charge is 0.452 e. The highest BCUT2D eigenvalue weighted by Crippen LogP contribution is 2.22. The van der Waals surface area contributed by atoms with Crippen molar-refractivity contribution in [2.24, 2.45) is 0 Å². The summed E-state index contributed by atoms with van der Waals surface area (Å²) in [5.41, 5.74) is 1.98. The summed E-state index contributed by atoms with van der Waals surface area (Å²) < 4.78 is 4.98. The Morgan fingerprint density at radius 2 is 1.80 bits per heavy atom. The SMILES string of the molecule is CC[C@@H](C)c1ccc(NC(=O)COC(=O)c2cc(Cl)ccc2Cl)cc1. The number of ether oxygens (including phenoxy) is 1. The minimum absolute atomic E-state index is 0.125. The van der Waals surface area contributed by atoms with Gasteiger partial charge in [-0.2, -0.15) is 0 Å². The van der Waals surface area contributed by atoms with Gasteiger partial charge in [-0.3, -0.25) is 4.79 Å². The maximum atomic E-state index is 12.0. The van der Waals surface area contributed by atoms with Crippen LogP contribution < -0.4 is 5.32 Å². The van der Waals surface area contributed by atoms with Gasteiger partial charge in [-0.25, -0.2) is 4.79 Å². The first kappa shape index (κ1) is 19.3. The van der Waals surface area contributed by atoms with E-state index >= 15 is 0 Å². The van der Waals surface area contributed by atoms with E-state index in [0.717, 1.165) is 6.42 Å². The normalized spacial score (nSPS) is 11.7. The van der Waals surface area contributed by atoms with Gasteiger partial charge in [0.25, 0.3) is 5.91 Å². The number of benzene rings is 2. The van der Waals surface area contributed by atoms with Gasteiger partial charge in [-0.05, 0) is 48.2 Å². The highest BCUT2D eigenvalue weighted by atomic mass is 35.5. The van der Waals surface area contributed by atoms with Crippen LogP contribution in [0.25, 0.3) is 0 Å². The molecule has 2 aromatic rings. The van der Waals surface area contributed by atoms with E-state index in [0.29, 0.717) is 16.6 Å². The van der Waals surface area contributed by atoms with Gasteiger partial charge >= 0.3 is 5.97 Å². The van der Waals surface area contributed by atoms with Crippen molar-refractivity contribution in [1.29, 1.82) is 0 Å². The topological polar surface area (TPSA) is 55.4 Å². The molecular formula is C19H19Cl2NO3. The maximum absolute atomic E-state index is 12.0. The number of carbonyl (C=O) groups excluding carboxylic acids is 2. The summed E-state index contributed by atoms with van der Waals surface area (Å²) >= 11 is 11.8. The Morgan fingerprint density at radius 1 is 1.12 bits per heavy atom. The number of hydrogen-bond acceptors (Lipinski definition) is 3. The summed E-state index contributed by atoms with van der Waals surface area (Å²) in [5, 5.41) is 3.26. The molecule has 0 fully saturated rings. The molecule has 0 aliphatic heterocycles. The fourth-order valence-corrected chi connectivity index (χ4v) is 2.56. The molecule has 4 nitrogen and oxygen atoms in total. The van der Waals surface area contributed by atoms with Gasteiger partial charge < -0.3 is 10.1 Å². The molecule has 1 N–H and O–H groups in total. The highest BCUT2D eigenvalue weighted by molar-refractivity contribution is 6.35. The lowest BCUT2D eigenvalue weighted by molar-refractivity contribution is -0.119. The van der Waals surface area contributed by atoms with Gasteiger partial charge in [0, 0.05) is 10.7 Å². The molecule has 132 valence electrons. The number of anilines is 1. The highest BCUT2D eigenvalue weighted by Gasteiger charge is 2.14. The summed E-state index contributed by atoms with van der Waals surface area (Å²) in [6.07, 6.45) is 1.05. The van der Waals surface area contributed by atoms with Crippen molar-refractivity contribution in [3.8, 4) is 0 Å². The monoisotopic (exact) mass is 379 g/mol. The molecule has 6 heteroatoms. The van der Waals surface area contributed by atoms with Gasteiger partial charge in [0.1, 0.15) is 0 Å². The lowest BCUT2D eigenvalue weighted by Crippen LogP contribution is -2.21. The number of rotatable bonds is 6. The van der Waals surface area contributed by atoms with E-state index in [2.05, 4.69) is 19.2 Å². The fraction of sp³-hybridized carbons (Fsp3) is 0.263. The number of carbonyl (C=O) groups is 2. The molecule has 2 rings (SSSR count). The van der Waals surface area contributed by atoms with E-state index in [9.17, 15) is 9.59 Å². The van der Waals surface area contributed by atoms with Crippen molar-refractivity contribution >= 4 is 40.8 Å². The third kappa shape index (κ3) is 5.48. The molecule has 0 spiro atoms. The average Bonchev–Trinajstić information content (AvgIpc) is 2.61. The minimum atomic E-state index is -0.699. The Bertz CT molecular complexity index is 760. The van der Waals surface area contributed by atoms with Crippen LogP contribution in [0.15, 0.2) is 42.5 Å². The number of nitrogens with one attached hydrogen (secondary N) is 1. The van der Waals surface area contributed by atoms with Crippen LogP contribution in [0.4, 0.5) is 5.69 Å². The van der Waals surface area contributed by atoms with Crippen LogP contribution in [0.3, 0.4) is 0 Å². The molecule has 1 atom stereocenters. The molecule has 0 aromatic heterocycles. The zero-order valence-electron chi connectivity index (χ0n) is 14.0. The first-order valence-electron chi connectivity index (χ1n) is 7.92. The second-order valence-electron chi connectivity index (χ2n) is 5.68. The molecule has 0 radical (unpaired) electrons. The van der Waals surface area contributed by atoms with E-state index in [4.69, 9.17) is 27.9 Å². The van der Waals surface area contributed by atoms with Gasteiger partial charge in [-0.1, -0.05) is 49.2 Å². The molecule has 0 heterocycles. The lowest BCUT2D eigenvalue weighted by Gasteiger charge is -2.11. The predicted molar refractivity (Wildman–Crippen MR) is 101 cm³/mol. The van der Waals surface area contributed by atoms with Crippen molar-refractivity contribution in [1.82, 2.24) is 0 Å². The quantitative estimate of drug-likeness (QED) is 0.692. The first-order valence-corrected chi connectivity index (χ1v) is 8.68. The standard InChI is InChI=1S/C19H19Cl2NO3/c1-3-12(2)13-4-7-15(8-5-13)22-18(23)11-25-19(24)16-10-14(20)6-9-17(16)21/h4-10,12H,3,11H2,1-2H3,(H,22,23)/t12-/m1/s1. The van der Waals surface area contributed by atoms with Crippen molar-refractivity contribution < 1.29 is 14.3 Å². The van der Waals surface area contributed by atoms with Crippen molar-refractivity contribution in [2.45, 2.75) is 26.2 Å². The Hall–Kier alpha value is -2.04. The second-order valence-corrected chi connectivity index (χ2v) is 6.52. The van der Waals surface area contributed by atoms with Crippen LogP contribution in [-0.2, 0) is 9.53 Å². The smallest absolute Gasteiger partial charge is 0.340 e. The first-order chi connectivity index (χ1) is 11.9. The summed E-state index contributed by atoms with van der Waals surface area (Å²) in [6.45, 7) is 3.86. The third-order valence-corrected chi connectivity index (χ3v) is 4.42. The lowest BCUT2D eigenvalue weighted by atomic mass is 9.99. The summed E-state index contributed by atoms with van der Waals surface area (Å²) in [7, 11) is 0. The van der Waals surface area contributed by atoms with Crippen molar-refractivity contribution in [2.75, 3.05) is 11.9 Å². The maximum Gasteiger partial charge on any atom is 0.340 e. The summed E-state index contributed by atoms with van der Waals surface area (Å²) in [4.78, 5) is 23.9. The summed E-state index contributed by atoms with van der Waals surface area (Å²) in [6, 6.07) is 12.1. The Morgan fingerprint density at radius 3 is 2.44 bits per heavy atom. The van der Waals surface area contributed by atoms with E-state index in [-0.39, 0.29) is 10.6 Å². The van der Waals surface area contributed by atoms with E-state index < -0.39 is 18.5 Å². The zero-order valence-corrected chi connectivity index (χ0v) is 15.5. The molecule has 0 saturated carbocycles. The van der Waals surface area contributed by atoms with E-state index in [1.807, 2.05) is 24.3 Å². The van der Waals surface area contributed by atoms with Crippen LogP contribution in [-0.4, -0.2) is 18.5 Å². The third-order valence-electron chi connectivity index (χ3n) is 3.86. The van der Waals surface area contributed by atoms with Crippen LogP contribution in [0, 0.1) is 0 Å². The molecule has 2 aromatic carbocycles. The summed E-state index contributed by atoms with van der Waals surface area (Å²) in [5.74, 6) is -0.661. The molecule has 0 aliphatic rings. The van der Waals surface area contributed by atoms with Gasteiger partial charge in [-0.15, -0.1) is 0 Å². The second kappa shape index (κ2) is 8.88. The molecule has 0 aliphatic carbocycles. The Labute approximate surface area is 157 Å². The van der Waals surface area contributed by atoms with Crippen molar-refractivity contribution in [3.05, 3.63) is 63.6 Å². The molecule has 1 amide bonds. The van der Waals surface area contributed by atoms with E-state index in [1.54, 1.807) is 6.07 Å². The van der Waals surface area contributed by atoms with Gasteiger partial charge in [0.05, 0.1) is 10.6 Å². The van der Waals surface area contributed by atoms with Crippen molar-refractivity contribution in [3.63, 3.8) is 0 Å². The van der Waals surface area contributed by atoms with Crippen LogP contribution in [0.5, 0.6) is 0 Å². The Kier molecular flexibility index (Phi) is 6.85. The van der Waals surface area contributed by atoms with E-state index in [1.165, 1.54) is 17.7 Å². The number of halogens is 2. The zero-order chi connectivity index (χ0) is 18.4. The number of hydrogen-bond donors (Lipinski definition) is 1. The molecular weight excluding hydrogens is 361 g/mol. The van der Waals surface area contributed by atoms with Crippen LogP contribution >= 0.6 is 23.2 Å². The van der Waals surface area contributed by atoms with Crippen LogP contribution in [0.1, 0.15) is 42.1 Å². The van der Waals surface area contributed by atoms with Gasteiger partial charge in [0.15, 0.2) is 6.61 Å².